The number of likely N-dealkylation sites (N-methyl/N-ethyl adjacent to an activating group) is 1. The van der Waals surface area contributed by atoms with Crippen LogP contribution >= 0.6 is 22.6 Å². The number of amides is 1. The third kappa shape index (κ3) is 3.95. The molecule has 110 valence electrons. The summed E-state index contributed by atoms with van der Waals surface area (Å²) in [4.78, 5) is 18.3. The number of pyridine rings is 1. The number of anilines is 2. The molecule has 0 bridgehead atoms. The molecule has 0 aromatic carbocycles. The van der Waals surface area contributed by atoms with Gasteiger partial charge in [-0.3, -0.25) is 4.79 Å². The predicted octanol–water partition coefficient (Wildman–Crippen LogP) is 1.07. The molecular formula is C13H19IN4O2. The molecule has 1 fully saturated rings. The highest BCUT2D eigenvalue weighted by Crippen LogP contribution is 2.20. The van der Waals surface area contributed by atoms with Gasteiger partial charge in [-0.1, -0.05) is 0 Å². The normalized spacial score (nSPS) is 16.6. The molecule has 1 aromatic rings. The summed E-state index contributed by atoms with van der Waals surface area (Å²) >= 11 is 2.26. The van der Waals surface area contributed by atoms with Crippen LogP contribution in [0.25, 0.3) is 0 Å². The number of carbonyl (C=O) groups excluding carboxylic acids is 1. The largest absolute Gasteiger partial charge is 0.378 e. The lowest BCUT2D eigenvalue weighted by atomic mass is 10.3. The summed E-state index contributed by atoms with van der Waals surface area (Å²) in [5, 5.41) is 5.75. The number of morpholine rings is 1. The van der Waals surface area contributed by atoms with E-state index in [9.17, 15) is 4.79 Å². The zero-order valence-electron chi connectivity index (χ0n) is 11.6. The third-order valence-corrected chi connectivity index (χ3v) is 3.74. The molecule has 2 heterocycles. The highest BCUT2D eigenvalue weighted by molar-refractivity contribution is 14.1. The van der Waals surface area contributed by atoms with E-state index in [4.69, 9.17) is 4.74 Å². The number of hydrogen-bond acceptors (Lipinski definition) is 5. The molecule has 7 heteroatoms. The van der Waals surface area contributed by atoms with Crippen molar-refractivity contribution in [2.75, 3.05) is 43.6 Å². The van der Waals surface area contributed by atoms with Gasteiger partial charge in [0.1, 0.15) is 17.7 Å². The zero-order valence-corrected chi connectivity index (χ0v) is 13.8. The fourth-order valence-corrected chi connectivity index (χ4v) is 2.59. The molecule has 6 nitrogen and oxygen atoms in total. The van der Waals surface area contributed by atoms with E-state index in [-0.39, 0.29) is 11.9 Å². The first-order chi connectivity index (χ1) is 9.60. The molecule has 1 aliphatic heterocycles. The van der Waals surface area contributed by atoms with Gasteiger partial charge in [0.25, 0.3) is 0 Å². The standard InChI is InChI=1S/C13H19IN4O2/c1-9(13(19)15-2)16-11-7-10(14)8-12(17-11)18-3-5-20-6-4-18/h7-9H,3-6H2,1-2H3,(H,15,19)(H,16,17)/t9-/m0/s1. The van der Waals surface area contributed by atoms with Crippen molar-refractivity contribution < 1.29 is 9.53 Å². The maximum absolute atomic E-state index is 11.6. The molecular weight excluding hydrogens is 371 g/mol. The SMILES string of the molecule is CNC(=O)[C@H](C)Nc1cc(I)cc(N2CCOCC2)n1. The van der Waals surface area contributed by atoms with Crippen LogP contribution in [0.3, 0.4) is 0 Å². The second kappa shape index (κ2) is 7.07. The van der Waals surface area contributed by atoms with Gasteiger partial charge >= 0.3 is 0 Å². The van der Waals surface area contributed by atoms with Crippen molar-refractivity contribution in [1.82, 2.24) is 10.3 Å². The maximum Gasteiger partial charge on any atom is 0.241 e. The number of hydrogen-bond donors (Lipinski definition) is 2. The summed E-state index contributed by atoms with van der Waals surface area (Å²) in [6.45, 7) is 4.96. The lowest BCUT2D eigenvalue weighted by molar-refractivity contribution is -0.121. The van der Waals surface area contributed by atoms with Crippen LogP contribution in [0.2, 0.25) is 0 Å². The molecule has 0 saturated carbocycles. The maximum atomic E-state index is 11.6. The fourth-order valence-electron chi connectivity index (χ4n) is 2.02. The minimum atomic E-state index is -0.316. The second-order valence-electron chi connectivity index (χ2n) is 4.61. The monoisotopic (exact) mass is 390 g/mol. The minimum Gasteiger partial charge on any atom is -0.378 e. The smallest absolute Gasteiger partial charge is 0.241 e. The van der Waals surface area contributed by atoms with E-state index in [1.165, 1.54) is 0 Å². The van der Waals surface area contributed by atoms with Crippen LogP contribution in [-0.4, -0.2) is 50.3 Å². The van der Waals surface area contributed by atoms with E-state index in [1.807, 2.05) is 19.1 Å². The first-order valence-electron chi connectivity index (χ1n) is 6.58. The average molecular weight is 390 g/mol. The van der Waals surface area contributed by atoms with Crippen LogP contribution in [0, 0.1) is 3.57 Å². The number of nitrogens with one attached hydrogen (secondary N) is 2. The number of halogens is 1. The van der Waals surface area contributed by atoms with Crippen molar-refractivity contribution in [3.05, 3.63) is 15.7 Å². The molecule has 0 radical (unpaired) electrons. The number of rotatable bonds is 4. The summed E-state index contributed by atoms with van der Waals surface area (Å²) in [6.07, 6.45) is 0. The summed E-state index contributed by atoms with van der Waals surface area (Å²) in [5.74, 6) is 1.58. The van der Waals surface area contributed by atoms with Crippen molar-refractivity contribution in [1.29, 1.82) is 0 Å². The Hall–Kier alpha value is -1.09. The van der Waals surface area contributed by atoms with Gasteiger partial charge in [-0.25, -0.2) is 4.98 Å². The van der Waals surface area contributed by atoms with Crippen LogP contribution in [0.4, 0.5) is 11.6 Å². The second-order valence-corrected chi connectivity index (χ2v) is 5.85. The third-order valence-electron chi connectivity index (χ3n) is 3.12. The van der Waals surface area contributed by atoms with Gasteiger partial charge in [0.15, 0.2) is 0 Å². The molecule has 1 atom stereocenters. The quantitative estimate of drug-likeness (QED) is 0.754. The van der Waals surface area contributed by atoms with Gasteiger partial charge in [0.2, 0.25) is 5.91 Å². The molecule has 1 aliphatic rings. The van der Waals surface area contributed by atoms with E-state index >= 15 is 0 Å². The topological polar surface area (TPSA) is 66.5 Å². The van der Waals surface area contributed by atoms with Crippen molar-refractivity contribution in [2.24, 2.45) is 0 Å². The Morgan fingerprint density at radius 2 is 2.15 bits per heavy atom. The van der Waals surface area contributed by atoms with Gasteiger partial charge in [-0.2, -0.15) is 0 Å². The average Bonchev–Trinajstić information content (AvgIpc) is 2.46. The predicted molar refractivity (Wildman–Crippen MR) is 87.1 cm³/mol. The summed E-state index contributed by atoms with van der Waals surface area (Å²) in [7, 11) is 1.63. The lowest BCUT2D eigenvalue weighted by Gasteiger charge is -2.28. The van der Waals surface area contributed by atoms with Crippen molar-refractivity contribution in [3.8, 4) is 0 Å². The Kier molecular flexibility index (Phi) is 5.41. The zero-order chi connectivity index (χ0) is 14.5. The van der Waals surface area contributed by atoms with Crippen LogP contribution in [0.1, 0.15) is 6.92 Å². The van der Waals surface area contributed by atoms with E-state index in [0.29, 0.717) is 0 Å². The Balaban J connectivity index is 2.13. The Morgan fingerprint density at radius 1 is 1.45 bits per heavy atom. The molecule has 1 saturated heterocycles. The highest BCUT2D eigenvalue weighted by atomic mass is 127. The Bertz CT molecular complexity index is 477. The van der Waals surface area contributed by atoms with Crippen LogP contribution in [0.5, 0.6) is 0 Å². The van der Waals surface area contributed by atoms with Gasteiger partial charge in [0.05, 0.1) is 13.2 Å². The molecule has 2 N–H and O–H groups in total. The molecule has 0 unspecified atom stereocenters. The summed E-state index contributed by atoms with van der Waals surface area (Å²) < 4.78 is 6.44. The number of carbonyl (C=O) groups is 1. The van der Waals surface area contributed by atoms with E-state index < -0.39 is 0 Å². The number of aromatic nitrogens is 1. The van der Waals surface area contributed by atoms with Crippen LogP contribution in [-0.2, 0) is 9.53 Å². The molecule has 1 aromatic heterocycles. The molecule has 1 amide bonds. The van der Waals surface area contributed by atoms with E-state index in [0.717, 1.165) is 41.5 Å². The summed E-state index contributed by atoms with van der Waals surface area (Å²) in [6, 6.07) is 3.66. The minimum absolute atomic E-state index is 0.0569. The molecule has 0 spiro atoms. The number of ether oxygens (including phenoxy) is 1. The van der Waals surface area contributed by atoms with Gasteiger partial charge in [-0.05, 0) is 41.6 Å². The van der Waals surface area contributed by atoms with Gasteiger partial charge < -0.3 is 20.3 Å². The first kappa shape index (κ1) is 15.3. The van der Waals surface area contributed by atoms with Gasteiger partial charge in [-0.15, -0.1) is 0 Å². The van der Waals surface area contributed by atoms with Crippen LogP contribution in [0.15, 0.2) is 12.1 Å². The Labute approximate surface area is 132 Å². The van der Waals surface area contributed by atoms with E-state index in [1.54, 1.807) is 7.05 Å². The Morgan fingerprint density at radius 3 is 2.80 bits per heavy atom. The van der Waals surface area contributed by atoms with Crippen molar-refractivity contribution in [2.45, 2.75) is 13.0 Å². The highest BCUT2D eigenvalue weighted by Gasteiger charge is 2.16. The van der Waals surface area contributed by atoms with Gasteiger partial charge in [0, 0.05) is 23.7 Å². The molecule has 2 rings (SSSR count). The first-order valence-corrected chi connectivity index (χ1v) is 7.66. The molecule has 0 aliphatic carbocycles. The fraction of sp³-hybridized carbons (Fsp3) is 0.538. The lowest BCUT2D eigenvalue weighted by Crippen LogP contribution is -2.37. The van der Waals surface area contributed by atoms with Crippen LogP contribution < -0.4 is 15.5 Å². The molecule has 20 heavy (non-hydrogen) atoms. The number of nitrogens with zero attached hydrogens (tertiary/aromatic N) is 2. The van der Waals surface area contributed by atoms with Crippen molar-refractivity contribution >= 4 is 40.1 Å². The summed E-state index contributed by atoms with van der Waals surface area (Å²) in [5.41, 5.74) is 0. The van der Waals surface area contributed by atoms with E-state index in [2.05, 4.69) is 43.1 Å². The van der Waals surface area contributed by atoms with Crippen molar-refractivity contribution in [3.63, 3.8) is 0 Å².